The van der Waals surface area contributed by atoms with Crippen LogP contribution in [-0.4, -0.2) is 43.6 Å². The van der Waals surface area contributed by atoms with Crippen molar-refractivity contribution in [2.45, 2.75) is 32.4 Å². The standard InChI is InChI=1S/C30H28ClFN6O/c1-19-2-3-21(15-26(19)32)29-36-27-16-22(31)17-35-30(27)38(29)23-4-6-24(7-5-23)39-25-9-12-37(13-10-25)18-20-8-11-34-28(33)14-20/h2-8,11,14-17,25H,9-10,12-13,18H2,1H3,(H2,33,34). The molecule has 198 valence electrons. The van der Waals surface area contributed by atoms with Gasteiger partial charge >= 0.3 is 0 Å². The molecule has 1 fully saturated rings. The zero-order chi connectivity index (χ0) is 26.9. The van der Waals surface area contributed by atoms with Crippen molar-refractivity contribution in [3.63, 3.8) is 0 Å². The molecule has 0 amide bonds. The number of aryl methyl sites for hydroxylation is 1. The van der Waals surface area contributed by atoms with Gasteiger partial charge in [0.05, 0.1) is 5.02 Å². The van der Waals surface area contributed by atoms with Crippen molar-refractivity contribution in [3.8, 4) is 22.8 Å². The number of rotatable bonds is 6. The number of nitrogens with two attached hydrogens (primary N) is 1. The van der Waals surface area contributed by atoms with Gasteiger partial charge in [0.25, 0.3) is 0 Å². The molecule has 0 unspecified atom stereocenters. The molecule has 0 aliphatic carbocycles. The lowest BCUT2D eigenvalue weighted by Gasteiger charge is -2.32. The van der Waals surface area contributed by atoms with E-state index in [1.165, 1.54) is 11.6 Å². The second kappa shape index (κ2) is 10.6. The summed E-state index contributed by atoms with van der Waals surface area (Å²) >= 11 is 6.19. The fourth-order valence-corrected chi connectivity index (χ4v) is 5.17. The maximum absolute atomic E-state index is 14.4. The van der Waals surface area contributed by atoms with Gasteiger partial charge in [-0.2, -0.15) is 0 Å². The predicted octanol–water partition coefficient (Wildman–Crippen LogP) is 6.21. The first-order chi connectivity index (χ1) is 18.9. The van der Waals surface area contributed by atoms with Gasteiger partial charge < -0.3 is 10.5 Å². The quantitative estimate of drug-likeness (QED) is 0.275. The predicted molar refractivity (Wildman–Crippen MR) is 152 cm³/mol. The SMILES string of the molecule is Cc1ccc(-c2nc3cc(Cl)cnc3n2-c2ccc(OC3CCN(Cc4ccnc(N)c4)CC3)cc2)cc1F. The number of nitrogen functional groups attached to an aromatic ring is 1. The van der Waals surface area contributed by atoms with E-state index in [-0.39, 0.29) is 11.9 Å². The summed E-state index contributed by atoms with van der Waals surface area (Å²) in [5, 5.41) is 0.494. The highest BCUT2D eigenvalue weighted by molar-refractivity contribution is 6.31. The zero-order valence-corrected chi connectivity index (χ0v) is 22.3. The van der Waals surface area contributed by atoms with Crippen LogP contribution in [0.5, 0.6) is 5.75 Å². The van der Waals surface area contributed by atoms with E-state index in [9.17, 15) is 4.39 Å². The van der Waals surface area contributed by atoms with Crippen LogP contribution in [0.15, 0.2) is 73.1 Å². The van der Waals surface area contributed by atoms with Crippen LogP contribution in [0.3, 0.4) is 0 Å². The molecule has 5 aromatic rings. The maximum atomic E-state index is 14.4. The van der Waals surface area contributed by atoms with Crippen molar-refractivity contribution in [2.24, 2.45) is 0 Å². The molecule has 0 radical (unpaired) electrons. The fourth-order valence-electron chi connectivity index (χ4n) is 5.01. The molecule has 3 aromatic heterocycles. The topological polar surface area (TPSA) is 82.1 Å². The molecule has 9 heteroatoms. The lowest BCUT2D eigenvalue weighted by molar-refractivity contribution is 0.0968. The van der Waals surface area contributed by atoms with Gasteiger partial charge in [-0.25, -0.2) is 19.3 Å². The van der Waals surface area contributed by atoms with E-state index in [2.05, 4.69) is 14.9 Å². The molecule has 1 aliphatic rings. The van der Waals surface area contributed by atoms with E-state index < -0.39 is 0 Å². The summed E-state index contributed by atoms with van der Waals surface area (Å²) in [6.45, 7) is 4.51. The maximum Gasteiger partial charge on any atom is 0.165 e. The Morgan fingerprint density at radius 2 is 1.82 bits per heavy atom. The van der Waals surface area contributed by atoms with Crippen molar-refractivity contribution < 1.29 is 9.13 Å². The number of pyridine rings is 2. The Kier molecular flexibility index (Phi) is 6.89. The highest BCUT2D eigenvalue weighted by Gasteiger charge is 2.21. The van der Waals surface area contributed by atoms with Crippen LogP contribution in [0.4, 0.5) is 10.2 Å². The summed E-state index contributed by atoms with van der Waals surface area (Å²) < 4.78 is 22.7. The summed E-state index contributed by atoms with van der Waals surface area (Å²) in [7, 11) is 0. The molecule has 4 heterocycles. The first-order valence-corrected chi connectivity index (χ1v) is 13.3. The Labute approximate surface area is 231 Å². The van der Waals surface area contributed by atoms with Gasteiger partial charge in [0.2, 0.25) is 0 Å². The lowest BCUT2D eigenvalue weighted by atomic mass is 10.1. The monoisotopic (exact) mass is 542 g/mol. The summed E-state index contributed by atoms with van der Waals surface area (Å²) in [4.78, 5) is 15.8. The van der Waals surface area contributed by atoms with Crippen molar-refractivity contribution in [1.82, 2.24) is 24.4 Å². The van der Waals surface area contributed by atoms with Crippen LogP contribution in [0.2, 0.25) is 5.02 Å². The van der Waals surface area contributed by atoms with Crippen LogP contribution in [-0.2, 0) is 6.54 Å². The number of benzene rings is 2. The summed E-state index contributed by atoms with van der Waals surface area (Å²) in [5.74, 6) is 1.67. The molecule has 2 aromatic carbocycles. The number of likely N-dealkylation sites (tertiary alicyclic amines) is 1. The third-order valence-corrected chi connectivity index (χ3v) is 7.28. The molecule has 39 heavy (non-hydrogen) atoms. The average Bonchev–Trinajstić information content (AvgIpc) is 3.30. The first-order valence-electron chi connectivity index (χ1n) is 12.9. The summed E-state index contributed by atoms with van der Waals surface area (Å²) in [6.07, 6.45) is 5.39. The largest absolute Gasteiger partial charge is 0.490 e. The number of imidazole rings is 1. The molecule has 1 saturated heterocycles. The zero-order valence-electron chi connectivity index (χ0n) is 21.5. The summed E-state index contributed by atoms with van der Waals surface area (Å²) in [5.41, 5.74) is 10.4. The minimum Gasteiger partial charge on any atom is -0.490 e. The number of piperidine rings is 1. The number of fused-ring (bicyclic) bond motifs is 1. The number of aromatic nitrogens is 4. The molecule has 7 nitrogen and oxygen atoms in total. The second-order valence-electron chi connectivity index (χ2n) is 9.91. The van der Waals surface area contributed by atoms with E-state index in [0.717, 1.165) is 43.9 Å². The molecule has 0 saturated carbocycles. The van der Waals surface area contributed by atoms with E-state index in [4.69, 9.17) is 27.1 Å². The van der Waals surface area contributed by atoms with Gasteiger partial charge in [-0.05, 0) is 79.4 Å². The lowest BCUT2D eigenvalue weighted by Crippen LogP contribution is -2.37. The fraction of sp³-hybridized carbons (Fsp3) is 0.233. The van der Waals surface area contributed by atoms with Crippen LogP contribution < -0.4 is 10.5 Å². The minimum atomic E-state index is -0.281. The Balaban J connectivity index is 1.19. The van der Waals surface area contributed by atoms with Crippen molar-refractivity contribution >= 4 is 28.6 Å². The van der Waals surface area contributed by atoms with Crippen LogP contribution >= 0.6 is 11.6 Å². The van der Waals surface area contributed by atoms with Crippen LogP contribution in [0.25, 0.3) is 28.2 Å². The number of hydrogen-bond acceptors (Lipinski definition) is 6. The van der Waals surface area contributed by atoms with Crippen LogP contribution in [0, 0.1) is 12.7 Å². The molecule has 1 aliphatic heterocycles. The summed E-state index contributed by atoms with van der Waals surface area (Å²) in [6, 6.07) is 18.7. The highest BCUT2D eigenvalue weighted by atomic mass is 35.5. The van der Waals surface area contributed by atoms with Gasteiger partial charge in [0, 0.05) is 43.3 Å². The van der Waals surface area contributed by atoms with Crippen molar-refractivity contribution in [2.75, 3.05) is 18.8 Å². The molecule has 0 atom stereocenters. The Bertz CT molecular complexity index is 1630. The molecular formula is C30H28ClFN6O. The van der Waals surface area contributed by atoms with E-state index in [1.54, 1.807) is 31.5 Å². The Morgan fingerprint density at radius 1 is 1.03 bits per heavy atom. The smallest absolute Gasteiger partial charge is 0.165 e. The van der Waals surface area contributed by atoms with Gasteiger partial charge in [0.1, 0.15) is 34.8 Å². The van der Waals surface area contributed by atoms with E-state index in [0.29, 0.717) is 39.0 Å². The third kappa shape index (κ3) is 5.44. The molecule has 6 rings (SSSR count). The van der Waals surface area contributed by atoms with Gasteiger partial charge in [-0.1, -0.05) is 23.7 Å². The second-order valence-corrected chi connectivity index (χ2v) is 10.3. The Morgan fingerprint density at radius 3 is 2.56 bits per heavy atom. The highest BCUT2D eigenvalue weighted by Crippen LogP contribution is 2.31. The van der Waals surface area contributed by atoms with Crippen LogP contribution in [0.1, 0.15) is 24.0 Å². The molecular weight excluding hydrogens is 515 g/mol. The van der Waals surface area contributed by atoms with Gasteiger partial charge in [-0.3, -0.25) is 9.47 Å². The van der Waals surface area contributed by atoms with E-state index >= 15 is 0 Å². The third-order valence-electron chi connectivity index (χ3n) is 7.08. The first kappa shape index (κ1) is 25.3. The minimum absolute atomic E-state index is 0.151. The molecule has 0 bridgehead atoms. The average molecular weight is 543 g/mol. The normalized spacial score (nSPS) is 14.6. The van der Waals surface area contributed by atoms with Gasteiger partial charge in [0.15, 0.2) is 5.65 Å². The number of halogens is 2. The number of nitrogens with zero attached hydrogens (tertiary/aromatic N) is 5. The van der Waals surface area contributed by atoms with Crippen molar-refractivity contribution in [3.05, 3.63) is 95.0 Å². The number of anilines is 1. The number of ether oxygens (including phenoxy) is 1. The van der Waals surface area contributed by atoms with Gasteiger partial charge in [-0.15, -0.1) is 0 Å². The number of hydrogen-bond donors (Lipinski definition) is 1. The molecule has 2 N–H and O–H groups in total. The molecule has 0 spiro atoms. The van der Waals surface area contributed by atoms with Crippen molar-refractivity contribution in [1.29, 1.82) is 0 Å². The Hall–Kier alpha value is -4.01. The van der Waals surface area contributed by atoms with E-state index in [1.807, 2.05) is 47.0 Å².